The van der Waals surface area contributed by atoms with Crippen LogP contribution in [-0.4, -0.2) is 24.8 Å². The lowest BCUT2D eigenvalue weighted by Crippen LogP contribution is -1.99. The molecule has 3 nitrogen and oxygen atoms in total. The van der Waals surface area contributed by atoms with E-state index in [0.29, 0.717) is 6.42 Å². The monoisotopic (exact) mass is 372 g/mol. The van der Waals surface area contributed by atoms with Crippen molar-refractivity contribution in [3.8, 4) is 0 Å². The van der Waals surface area contributed by atoms with Gasteiger partial charge in [-0.15, -0.1) is 0 Å². The van der Waals surface area contributed by atoms with E-state index >= 15 is 0 Å². The number of esters is 1. The minimum atomic E-state index is -0.103. The Morgan fingerprint density at radius 3 is 2.44 bits per heavy atom. The number of aryl methyl sites for hydroxylation is 1. The number of carbonyl (C=O) groups is 1. The van der Waals surface area contributed by atoms with E-state index in [-0.39, 0.29) is 12.6 Å². The number of methoxy groups -OCH3 is 1. The first-order valence-electron chi connectivity index (χ1n) is 10.3. The quantitative estimate of drug-likeness (QED) is 0.241. The normalized spacial score (nSPS) is 11.9. The van der Waals surface area contributed by atoms with E-state index in [9.17, 15) is 9.90 Å². The third-order valence-corrected chi connectivity index (χ3v) is 4.71. The number of carbonyl (C=O) groups excluding carboxylic acids is 1. The number of unbranched alkanes of at least 4 members (excludes halogenated alkanes) is 5. The lowest BCUT2D eigenvalue weighted by atomic mass is 10.0. The number of rotatable bonds is 15. The molecule has 3 heteroatoms. The summed E-state index contributed by atoms with van der Waals surface area (Å²) in [4.78, 5) is 11.0. The van der Waals surface area contributed by atoms with Crippen LogP contribution in [0.3, 0.4) is 0 Å². The Kier molecular flexibility index (Phi) is 14.0. The highest BCUT2D eigenvalue weighted by Crippen LogP contribution is 2.15. The summed E-state index contributed by atoms with van der Waals surface area (Å²) in [6.45, 7) is 0.125. The van der Waals surface area contributed by atoms with Gasteiger partial charge in [-0.2, -0.15) is 0 Å². The smallest absolute Gasteiger partial charge is 0.305 e. The molecule has 27 heavy (non-hydrogen) atoms. The molecule has 0 heterocycles. The summed E-state index contributed by atoms with van der Waals surface area (Å²) in [5.41, 5.74) is 2.70. The van der Waals surface area contributed by atoms with Gasteiger partial charge in [-0.05, 0) is 50.5 Å². The fraction of sp³-hybridized carbons (Fsp3) is 0.542. The highest BCUT2D eigenvalue weighted by molar-refractivity contribution is 5.68. The summed E-state index contributed by atoms with van der Waals surface area (Å²) in [5, 5.41) is 9.22. The molecule has 1 aromatic carbocycles. The van der Waals surface area contributed by atoms with Crippen molar-refractivity contribution >= 4 is 5.97 Å². The Bertz CT molecular complexity index is 546. The molecule has 1 rings (SSSR count). The molecule has 0 saturated carbocycles. The highest BCUT2D eigenvalue weighted by Gasteiger charge is 1.99. The number of benzene rings is 1. The summed E-state index contributed by atoms with van der Waals surface area (Å²) in [5.74, 6) is -0.103. The Labute approximate surface area is 165 Å². The lowest BCUT2D eigenvalue weighted by molar-refractivity contribution is -0.140. The molecule has 0 fully saturated rings. The summed E-state index contributed by atoms with van der Waals surface area (Å²) in [6.07, 6.45) is 17.9. The second-order valence-corrected chi connectivity index (χ2v) is 6.94. The van der Waals surface area contributed by atoms with Crippen molar-refractivity contribution in [2.24, 2.45) is 0 Å². The van der Waals surface area contributed by atoms with Crippen molar-refractivity contribution in [2.75, 3.05) is 13.7 Å². The first-order chi connectivity index (χ1) is 13.3. The largest absolute Gasteiger partial charge is 0.469 e. The van der Waals surface area contributed by atoms with Crippen molar-refractivity contribution in [1.29, 1.82) is 0 Å². The number of aliphatic hydroxyl groups is 1. The van der Waals surface area contributed by atoms with Gasteiger partial charge in [0, 0.05) is 6.42 Å². The van der Waals surface area contributed by atoms with Gasteiger partial charge in [0.25, 0.3) is 0 Å². The third kappa shape index (κ3) is 13.0. The number of hydrogen-bond acceptors (Lipinski definition) is 3. The maximum absolute atomic E-state index is 11.0. The maximum Gasteiger partial charge on any atom is 0.305 e. The van der Waals surface area contributed by atoms with Crippen molar-refractivity contribution in [3.63, 3.8) is 0 Å². The second-order valence-electron chi connectivity index (χ2n) is 6.94. The van der Waals surface area contributed by atoms with E-state index in [1.807, 2.05) is 12.1 Å². The minimum absolute atomic E-state index is 0.103. The Morgan fingerprint density at radius 1 is 0.963 bits per heavy atom. The van der Waals surface area contributed by atoms with Crippen LogP contribution in [0.25, 0.3) is 0 Å². The molecule has 0 radical (unpaired) electrons. The molecule has 0 amide bonds. The summed E-state index contributed by atoms with van der Waals surface area (Å²) >= 11 is 0. The van der Waals surface area contributed by atoms with Crippen molar-refractivity contribution in [1.82, 2.24) is 0 Å². The first kappa shape index (κ1) is 23.2. The molecular weight excluding hydrogens is 336 g/mol. The van der Waals surface area contributed by atoms with Gasteiger partial charge in [0.2, 0.25) is 0 Å². The topological polar surface area (TPSA) is 46.5 Å². The van der Waals surface area contributed by atoms with Gasteiger partial charge < -0.3 is 9.84 Å². The number of ether oxygens (including phenoxy) is 1. The predicted molar refractivity (Wildman–Crippen MR) is 113 cm³/mol. The van der Waals surface area contributed by atoms with Gasteiger partial charge in [-0.1, -0.05) is 73.4 Å². The van der Waals surface area contributed by atoms with Crippen LogP contribution in [-0.2, 0) is 16.0 Å². The van der Waals surface area contributed by atoms with Crippen molar-refractivity contribution in [3.05, 3.63) is 59.7 Å². The van der Waals surface area contributed by atoms with Crippen molar-refractivity contribution in [2.45, 2.75) is 70.6 Å². The Hall–Kier alpha value is -1.87. The Balaban J connectivity index is 2.08. The average Bonchev–Trinajstić information content (AvgIpc) is 2.69. The van der Waals surface area contributed by atoms with E-state index in [2.05, 4.69) is 41.2 Å². The van der Waals surface area contributed by atoms with Gasteiger partial charge in [0.05, 0.1) is 13.7 Å². The number of allylic oxidation sites excluding steroid dienone is 3. The van der Waals surface area contributed by atoms with Crippen molar-refractivity contribution < 1.29 is 14.6 Å². The fourth-order valence-corrected chi connectivity index (χ4v) is 3.10. The van der Waals surface area contributed by atoms with Crippen LogP contribution in [0.5, 0.6) is 0 Å². The minimum Gasteiger partial charge on any atom is -0.469 e. The number of hydrogen-bond donors (Lipinski definition) is 1. The summed E-state index contributed by atoms with van der Waals surface area (Å²) in [7, 11) is 1.44. The maximum atomic E-state index is 11.0. The van der Waals surface area contributed by atoms with Gasteiger partial charge in [0.15, 0.2) is 0 Å². The highest BCUT2D eigenvalue weighted by atomic mass is 16.5. The fourth-order valence-electron chi connectivity index (χ4n) is 3.10. The molecule has 1 aromatic rings. The third-order valence-electron chi connectivity index (χ3n) is 4.71. The SMILES string of the molecule is COC(=O)CCCCCCC/C=C/C/C(=C/CO)CCCc1ccccc1. The molecule has 0 bridgehead atoms. The summed E-state index contributed by atoms with van der Waals surface area (Å²) < 4.78 is 4.64. The molecule has 0 aliphatic heterocycles. The molecule has 0 saturated heterocycles. The van der Waals surface area contributed by atoms with E-state index in [4.69, 9.17) is 0 Å². The van der Waals surface area contributed by atoms with E-state index in [1.165, 1.54) is 37.5 Å². The molecule has 0 unspecified atom stereocenters. The first-order valence-corrected chi connectivity index (χ1v) is 10.3. The van der Waals surface area contributed by atoms with E-state index < -0.39 is 0 Å². The van der Waals surface area contributed by atoms with Crippen LogP contribution in [0.4, 0.5) is 0 Å². The predicted octanol–water partition coefficient (Wildman–Crippen LogP) is 5.78. The molecule has 150 valence electrons. The molecule has 0 aromatic heterocycles. The van der Waals surface area contributed by atoms with Gasteiger partial charge in [0.1, 0.15) is 0 Å². The van der Waals surface area contributed by atoms with E-state index in [0.717, 1.165) is 44.9 Å². The molecule has 0 aliphatic carbocycles. The van der Waals surface area contributed by atoms with Crippen LogP contribution in [0.2, 0.25) is 0 Å². The zero-order valence-electron chi connectivity index (χ0n) is 16.9. The lowest BCUT2D eigenvalue weighted by Gasteiger charge is -2.05. The average molecular weight is 373 g/mol. The van der Waals surface area contributed by atoms with Crippen LogP contribution < -0.4 is 0 Å². The summed E-state index contributed by atoms with van der Waals surface area (Å²) in [6, 6.07) is 10.6. The standard InChI is InChI=1S/C24H36O3/c1-27-24(26)19-12-7-5-3-2-4-6-9-16-23(20-21-25)18-13-17-22-14-10-8-11-15-22/h6,8-11,14-15,20,25H,2-5,7,12-13,16-19,21H2,1H3/b9-6+,23-20-. The molecule has 0 aliphatic rings. The second kappa shape index (κ2) is 16.3. The zero-order valence-corrected chi connectivity index (χ0v) is 16.9. The van der Waals surface area contributed by atoms with Crippen LogP contribution in [0, 0.1) is 0 Å². The van der Waals surface area contributed by atoms with Gasteiger partial charge >= 0.3 is 5.97 Å². The molecule has 0 atom stereocenters. The van der Waals surface area contributed by atoms with Crippen LogP contribution in [0.1, 0.15) is 69.8 Å². The molecule has 0 spiro atoms. The van der Waals surface area contributed by atoms with Crippen LogP contribution in [0.15, 0.2) is 54.1 Å². The zero-order chi connectivity index (χ0) is 19.6. The Morgan fingerprint density at radius 2 is 1.70 bits per heavy atom. The van der Waals surface area contributed by atoms with Crippen LogP contribution >= 0.6 is 0 Å². The molecular formula is C24H36O3. The van der Waals surface area contributed by atoms with Gasteiger partial charge in [-0.25, -0.2) is 0 Å². The van der Waals surface area contributed by atoms with E-state index in [1.54, 1.807) is 0 Å². The number of aliphatic hydroxyl groups excluding tert-OH is 1. The molecule has 1 N–H and O–H groups in total. The van der Waals surface area contributed by atoms with Gasteiger partial charge in [-0.3, -0.25) is 4.79 Å².